The molecule has 110 valence electrons. The van der Waals surface area contributed by atoms with Gasteiger partial charge in [0.1, 0.15) is 0 Å². The molecule has 1 atom stereocenters. The zero-order valence-corrected chi connectivity index (χ0v) is 13.0. The second-order valence-corrected chi connectivity index (χ2v) is 5.96. The maximum Gasteiger partial charge on any atom is 0.0510 e. The lowest BCUT2D eigenvalue weighted by molar-refractivity contribution is 0.595. The quantitative estimate of drug-likeness (QED) is 0.916. The first-order valence-electron chi connectivity index (χ1n) is 8.03. The summed E-state index contributed by atoms with van der Waals surface area (Å²) in [6.07, 6.45) is 5.60. The van der Waals surface area contributed by atoms with Gasteiger partial charge in [-0.3, -0.25) is 4.98 Å². The Bertz CT molecular complexity index is 619. The van der Waals surface area contributed by atoms with Crippen molar-refractivity contribution >= 4 is 0 Å². The number of nitrogens with zero attached hydrogens (tertiary/aromatic N) is 1. The summed E-state index contributed by atoms with van der Waals surface area (Å²) in [6, 6.07) is 11.2. The van der Waals surface area contributed by atoms with Crippen molar-refractivity contribution in [1.82, 2.24) is 10.3 Å². The average Bonchev–Trinajstić information content (AvgIpc) is 2.54. The molecule has 3 rings (SSSR count). The van der Waals surface area contributed by atoms with Crippen molar-refractivity contribution in [2.45, 2.75) is 45.6 Å². The Morgan fingerprint density at radius 3 is 3.05 bits per heavy atom. The molecule has 0 fully saturated rings. The van der Waals surface area contributed by atoms with E-state index in [1.165, 1.54) is 47.2 Å². The third kappa shape index (κ3) is 3.01. The molecular weight excluding hydrogens is 256 g/mol. The molecule has 2 heteroatoms. The highest BCUT2D eigenvalue weighted by atomic mass is 14.8. The average molecular weight is 280 g/mol. The van der Waals surface area contributed by atoms with Crippen LogP contribution in [0.4, 0.5) is 0 Å². The molecular formula is C19H24N2. The molecule has 0 radical (unpaired) electrons. The van der Waals surface area contributed by atoms with Crippen molar-refractivity contribution in [2.24, 2.45) is 0 Å². The lowest BCUT2D eigenvalue weighted by atomic mass is 9.80. The van der Waals surface area contributed by atoms with E-state index in [-0.39, 0.29) is 0 Å². The molecule has 0 aliphatic heterocycles. The zero-order valence-electron chi connectivity index (χ0n) is 13.0. The zero-order chi connectivity index (χ0) is 14.7. The minimum atomic E-state index is 0.469. The van der Waals surface area contributed by atoms with Gasteiger partial charge < -0.3 is 5.32 Å². The monoisotopic (exact) mass is 280 g/mol. The van der Waals surface area contributed by atoms with Crippen LogP contribution in [0, 0.1) is 6.92 Å². The minimum absolute atomic E-state index is 0.469. The molecule has 2 nitrogen and oxygen atoms in total. The smallest absolute Gasteiger partial charge is 0.0510 e. The molecule has 1 aromatic carbocycles. The summed E-state index contributed by atoms with van der Waals surface area (Å²) in [5, 5.41) is 3.42. The summed E-state index contributed by atoms with van der Waals surface area (Å²) in [5.74, 6) is 0.469. The van der Waals surface area contributed by atoms with E-state index in [1.54, 1.807) is 0 Å². The van der Waals surface area contributed by atoms with Crippen molar-refractivity contribution in [2.75, 3.05) is 6.54 Å². The number of aromatic nitrogens is 1. The Balaban J connectivity index is 1.97. The van der Waals surface area contributed by atoms with Crippen LogP contribution in [-0.4, -0.2) is 11.5 Å². The van der Waals surface area contributed by atoms with Gasteiger partial charge >= 0.3 is 0 Å². The lowest BCUT2D eigenvalue weighted by Gasteiger charge is -2.26. The highest BCUT2D eigenvalue weighted by Gasteiger charge is 2.24. The van der Waals surface area contributed by atoms with Crippen molar-refractivity contribution in [3.8, 4) is 0 Å². The number of nitrogens with one attached hydrogen (secondary N) is 1. The molecule has 0 saturated carbocycles. The Morgan fingerprint density at radius 1 is 1.29 bits per heavy atom. The standard InChI is InChI=1S/C19H24N2/c1-3-20-13-15-10-9-14(2)18(12-15)17-8-4-6-16-7-5-11-21-19(16)17/h5,7,9-12,17,20H,3-4,6,8,13H2,1-2H3. The maximum absolute atomic E-state index is 4.69. The van der Waals surface area contributed by atoms with Gasteiger partial charge in [-0.05, 0) is 61.1 Å². The second kappa shape index (κ2) is 6.40. The van der Waals surface area contributed by atoms with E-state index in [0.717, 1.165) is 13.1 Å². The van der Waals surface area contributed by atoms with E-state index in [2.05, 4.69) is 49.5 Å². The van der Waals surface area contributed by atoms with Crippen LogP contribution in [0.1, 0.15) is 53.6 Å². The molecule has 0 spiro atoms. The molecule has 1 aromatic heterocycles. The predicted octanol–water partition coefficient (Wildman–Crippen LogP) is 3.97. The number of rotatable bonds is 4. The fourth-order valence-corrected chi connectivity index (χ4v) is 3.36. The van der Waals surface area contributed by atoms with Gasteiger partial charge in [0.05, 0.1) is 5.69 Å². The number of pyridine rings is 1. The molecule has 21 heavy (non-hydrogen) atoms. The fourth-order valence-electron chi connectivity index (χ4n) is 3.36. The van der Waals surface area contributed by atoms with Crippen LogP contribution in [0.3, 0.4) is 0 Å². The van der Waals surface area contributed by atoms with Crippen LogP contribution in [0.25, 0.3) is 0 Å². The van der Waals surface area contributed by atoms with Crippen LogP contribution in [-0.2, 0) is 13.0 Å². The number of benzene rings is 1. The third-order valence-corrected chi connectivity index (χ3v) is 4.49. The highest BCUT2D eigenvalue weighted by molar-refractivity contribution is 5.41. The number of fused-ring (bicyclic) bond motifs is 1. The molecule has 0 amide bonds. The van der Waals surface area contributed by atoms with Crippen LogP contribution in [0.5, 0.6) is 0 Å². The van der Waals surface area contributed by atoms with E-state index >= 15 is 0 Å². The molecule has 2 aromatic rings. The van der Waals surface area contributed by atoms with Gasteiger partial charge in [-0.25, -0.2) is 0 Å². The lowest BCUT2D eigenvalue weighted by Crippen LogP contribution is -2.15. The molecule has 1 aliphatic rings. The number of hydrogen-bond acceptors (Lipinski definition) is 2. The van der Waals surface area contributed by atoms with Crippen LogP contribution in [0.15, 0.2) is 36.5 Å². The van der Waals surface area contributed by atoms with Crippen molar-refractivity contribution in [3.63, 3.8) is 0 Å². The second-order valence-electron chi connectivity index (χ2n) is 5.96. The maximum atomic E-state index is 4.69. The third-order valence-electron chi connectivity index (χ3n) is 4.49. The van der Waals surface area contributed by atoms with E-state index < -0.39 is 0 Å². The van der Waals surface area contributed by atoms with Crippen molar-refractivity contribution in [1.29, 1.82) is 0 Å². The molecule has 1 unspecified atom stereocenters. The van der Waals surface area contributed by atoms with Crippen molar-refractivity contribution in [3.05, 3.63) is 64.5 Å². The summed E-state index contributed by atoms with van der Waals surface area (Å²) in [7, 11) is 0. The summed E-state index contributed by atoms with van der Waals surface area (Å²) >= 11 is 0. The fraction of sp³-hybridized carbons (Fsp3) is 0.421. The predicted molar refractivity (Wildman–Crippen MR) is 87.6 cm³/mol. The van der Waals surface area contributed by atoms with Crippen LogP contribution >= 0.6 is 0 Å². The van der Waals surface area contributed by atoms with Gasteiger partial charge in [0.25, 0.3) is 0 Å². The first-order chi connectivity index (χ1) is 10.3. The molecule has 1 heterocycles. The SMILES string of the molecule is CCNCc1ccc(C)c(C2CCCc3cccnc32)c1. The van der Waals surface area contributed by atoms with Gasteiger partial charge in [-0.1, -0.05) is 31.2 Å². The number of aryl methyl sites for hydroxylation is 2. The van der Waals surface area contributed by atoms with Gasteiger partial charge in [-0.15, -0.1) is 0 Å². The van der Waals surface area contributed by atoms with Gasteiger partial charge in [0.2, 0.25) is 0 Å². The Morgan fingerprint density at radius 2 is 2.19 bits per heavy atom. The van der Waals surface area contributed by atoms with Gasteiger partial charge in [-0.2, -0.15) is 0 Å². The van der Waals surface area contributed by atoms with E-state index in [4.69, 9.17) is 4.98 Å². The van der Waals surface area contributed by atoms with E-state index in [9.17, 15) is 0 Å². The molecule has 1 N–H and O–H groups in total. The summed E-state index contributed by atoms with van der Waals surface area (Å²) in [5.41, 5.74) is 6.96. The van der Waals surface area contributed by atoms with Crippen LogP contribution < -0.4 is 5.32 Å². The molecule has 1 aliphatic carbocycles. The largest absolute Gasteiger partial charge is 0.313 e. The van der Waals surface area contributed by atoms with Gasteiger partial charge in [0, 0.05) is 18.7 Å². The number of hydrogen-bond donors (Lipinski definition) is 1. The summed E-state index contributed by atoms with van der Waals surface area (Å²) < 4.78 is 0. The van der Waals surface area contributed by atoms with Gasteiger partial charge in [0.15, 0.2) is 0 Å². The van der Waals surface area contributed by atoms with E-state index in [0.29, 0.717) is 5.92 Å². The minimum Gasteiger partial charge on any atom is -0.313 e. The summed E-state index contributed by atoms with van der Waals surface area (Å²) in [4.78, 5) is 4.69. The Hall–Kier alpha value is -1.67. The molecule has 0 bridgehead atoms. The molecule has 0 saturated heterocycles. The topological polar surface area (TPSA) is 24.9 Å². The Kier molecular flexibility index (Phi) is 4.35. The highest BCUT2D eigenvalue weighted by Crippen LogP contribution is 2.36. The first-order valence-corrected chi connectivity index (χ1v) is 8.03. The van der Waals surface area contributed by atoms with Crippen molar-refractivity contribution < 1.29 is 0 Å². The summed E-state index contributed by atoms with van der Waals surface area (Å²) in [6.45, 7) is 6.34. The Labute approximate surface area is 127 Å². The normalized spacial score (nSPS) is 17.5. The van der Waals surface area contributed by atoms with E-state index in [1.807, 2.05) is 6.20 Å². The first kappa shape index (κ1) is 14.3. The van der Waals surface area contributed by atoms with Crippen LogP contribution in [0.2, 0.25) is 0 Å².